The Balaban J connectivity index is 1.83. The van der Waals surface area contributed by atoms with Gasteiger partial charge in [0, 0.05) is 16.9 Å². The van der Waals surface area contributed by atoms with Crippen LogP contribution in [0.3, 0.4) is 0 Å². The molecule has 0 spiro atoms. The third kappa shape index (κ3) is 3.04. The van der Waals surface area contributed by atoms with E-state index < -0.39 is 11.7 Å². The van der Waals surface area contributed by atoms with Crippen molar-refractivity contribution >= 4 is 38.3 Å². The average Bonchev–Trinajstić information content (AvgIpc) is 3.35. The van der Waals surface area contributed by atoms with E-state index in [1.807, 2.05) is 12.1 Å². The molecule has 26 heavy (non-hydrogen) atoms. The second-order valence-electron chi connectivity index (χ2n) is 5.18. The highest BCUT2D eigenvalue weighted by molar-refractivity contribution is 9.10. The van der Waals surface area contributed by atoms with Gasteiger partial charge in [0.1, 0.15) is 22.6 Å². The molecule has 0 aliphatic rings. The lowest BCUT2D eigenvalue weighted by Gasteiger charge is -2.11. The van der Waals surface area contributed by atoms with Gasteiger partial charge in [0.05, 0.1) is 6.20 Å². The van der Waals surface area contributed by atoms with Crippen LogP contribution in [0.4, 0.5) is 9.52 Å². The molecule has 3 aromatic heterocycles. The summed E-state index contributed by atoms with van der Waals surface area (Å²) in [4.78, 5) is 12.7. The van der Waals surface area contributed by atoms with E-state index in [1.54, 1.807) is 29.1 Å². The first-order chi connectivity index (χ1) is 12.6. The minimum Gasteiger partial charge on any atom is -0.308 e. The van der Waals surface area contributed by atoms with E-state index in [0.29, 0.717) is 15.4 Å². The summed E-state index contributed by atoms with van der Waals surface area (Å²) < 4.78 is 18.2. The summed E-state index contributed by atoms with van der Waals surface area (Å²) in [5, 5.41) is 14.8. The lowest BCUT2D eigenvalue weighted by Crippen LogP contribution is -2.15. The zero-order chi connectivity index (χ0) is 18.1. The molecule has 0 saturated heterocycles. The largest absolute Gasteiger partial charge is 0.308 e. The third-order valence-corrected chi connectivity index (χ3v) is 4.66. The van der Waals surface area contributed by atoms with Crippen LogP contribution in [0, 0.1) is 5.82 Å². The SMILES string of the molecule is O=C(Nc1nncs1)c1cnn(-c2ccc(Br)cc2F)c1-n1cccc1. The maximum atomic E-state index is 14.5. The highest BCUT2D eigenvalue weighted by Crippen LogP contribution is 2.24. The summed E-state index contributed by atoms with van der Waals surface area (Å²) in [5.41, 5.74) is 2.02. The van der Waals surface area contributed by atoms with Crippen molar-refractivity contribution in [2.24, 2.45) is 0 Å². The first-order valence-corrected chi connectivity index (χ1v) is 9.05. The molecule has 1 aromatic carbocycles. The van der Waals surface area contributed by atoms with Crippen molar-refractivity contribution < 1.29 is 9.18 Å². The summed E-state index contributed by atoms with van der Waals surface area (Å²) in [6, 6.07) is 8.26. The molecule has 3 heterocycles. The molecule has 0 atom stereocenters. The van der Waals surface area contributed by atoms with Gasteiger partial charge in [0.15, 0.2) is 5.82 Å². The Bertz CT molecular complexity index is 1060. The summed E-state index contributed by atoms with van der Waals surface area (Å²) in [6.45, 7) is 0. The highest BCUT2D eigenvalue weighted by atomic mass is 79.9. The van der Waals surface area contributed by atoms with E-state index in [9.17, 15) is 9.18 Å². The predicted octanol–water partition coefficient (Wildman–Crippen LogP) is 3.67. The first-order valence-electron chi connectivity index (χ1n) is 7.38. The lowest BCUT2D eigenvalue weighted by molar-refractivity contribution is 0.102. The van der Waals surface area contributed by atoms with Crippen molar-refractivity contribution in [2.45, 2.75) is 0 Å². The lowest BCUT2D eigenvalue weighted by atomic mass is 10.2. The van der Waals surface area contributed by atoms with Crippen LogP contribution < -0.4 is 5.32 Å². The van der Waals surface area contributed by atoms with Gasteiger partial charge < -0.3 is 4.57 Å². The molecule has 0 fully saturated rings. The van der Waals surface area contributed by atoms with Gasteiger partial charge in [-0.05, 0) is 30.3 Å². The normalized spacial score (nSPS) is 10.8. The maximum Gasteiger partial charge on any atom is 0.262 e. The van der Waals surface area contributed by atoms with Crippen LogP contribution in [0.15, 0.2) is 58.9 Å². The van der Waals surface area contributed by atoms with Gasteiger partial charge in [0.2, 0.25) is 5.13 Å². The number of anilines is 1. The van der Waals surface area contributed by atoms with Gasteiger partial charge in [-0.25, -0.2) is 9.07 Å². The molecule has 1 N–H and O–H groups in total. The summed E-state index contributed by atoms with van der Waals surface area (Å²) in [5.74, 6) is -0.459. The Morgan fingerprint density at radius 2 is 2.08 bits per heavy atom. The number of aromatic nitrogens is 5. The molecule has 0 radical (unpaired) electrons. The van der Waals surface area contributed by atoms with Crippen LogP contribution >= 0.6 is 27.3 Å². The number of amides is 1. The molecular weight excluding hydrogens is 423 g/mol. The van der Waals surface area contributed by atoms with Crippen molar-refractivity contribution in [1.29, 1.82) is 0 Å². The third-order valence-electron chi connectivity index (χ3n) is 3.56. The second kappa shape index (κ2) is 6.81. The van der Waals surface area contributed by atoms with Gasteiger partial charge in [-0.15, -0.1) is 10.2 Å². The number of hydrogen-bond acceptors (Lipinski definition) is 5. The molecule has 0 aliphatic carbocycles. The van der Waals surface area contributed by atoms with Gasteiger partial charge in [-0.3, -0.25) is 10.1 Å². The fourth-order valence-corrected chi connectivity index (χ4v) is 3.22. The number of nitrogens with one attached hydrogen (secondary N) is 1. The van der Waals surface area contributed by atoms with Gasteiger partial charge in [0.25, 0.3) is 5.91 Å². The number of benzene rings is 1. The van der Waals surface area contributed by atoms with Crippen molar-refractivity contribution in [3.63, 3.8) is 0 Å². The zero-order valence-corrected chi connectivity index (χ0v) is 15.4. The van der Waals surface area contributed by atoms with E-state index in [2.05, 4.69) is 36.5 Å². The fourth-order valence-electron chi connectivity index (χ4n) is 2.45. The molecular formula is C16H10BrFN6OS. The number of hydrogen-bond donors (Lipinski definition) is 1. The molecule has 1 amide bonds. The topological polar surface area (TPSA) is 77.6 Å². The van der Waals surface area contributed by atoms with Crippen molar-refractivity contribution in [3.8, 4) is 11.5 Å². The average molecular weight is 433 g/mol. The summed E-state index contributed by atoms with van der Waals surface area (Å²) >= 11 is 4.44. The molecule has 0 unspecified atom stereocenters. The van der Waals surface area contributed by atoms with E-state index in [4.69, 9.17) is 0 Å². The van der Waals surface area contributed by atoms with E-state index in [-0.39, 0.29) is 11.3 Å². The summed E-state index contributed by atoms with van der Waals surface area (Å²) in [6.07, 6.45) is 4.91. The first kappa shape index (κ1) is 16.6. The minimum atomic E-state index is -0.466. The number of halogens is 2. The van der Waals surface area contributed by atoms with Crippen molar-refractivity contribution in [2.75, 3.05) is 5.32 Å². The van der Waals surface area contributed by atoms with Gasteiger partial charge in [-0.1, -0.05) is 27.3 Å². The summed E-state index contributed by atoms with van der Waals surface area (Å²) in [7, 11) is 0. The van der Waals surface area contributed by atoms with E-state index >= 15 is 0 Å². The van der Waals surface area contributed by atoms with Gasteiger partial charge >= 0.3 is 0 Å². The Morgan fingerprint density at radius 1 is 1.27 bits per heavy atom. The second-order valence-corrected chi connectivity index (χ2v) is 6.93. The number of carbonyl (C=O) groups excluding carboxylic acids is 1. The zero-order valence-electron chi connectivity index (χ0n) is 13.0. The van der Waals surface area contributed by atoms with E-state index in [1.165, 1.54) is 33.8 Å². The fraction of sp³-hybridized carbons (Fsp3) is 0. The molecule has 4 aromatic rings. The molecule has 130 valence electrons. The van der Waals surface area contributed by atoms with Crippen LogP contribution in [0.25, 0.3) is 11.5 Å². The Labute approximate surface area is 159 Å². The van der Waals surface area contributed by atoms with Crippen LogP contribution in [0.5, 0.6) is 0 Å². The van der Waals surface area contributed by atoms with Crippen LogP contribution in [-0.4, -0.2) is 30.5 Å². The highest BCUT2D eigenvalue weighted by Gasteiger charge is 2.22. The molecule has 0 saturated carbocycles. The number of carbonyl (C=O) groups is 1. The van der Waals surface area contributed by atoms with Crippen LogP contribution in [-0.2, 0) is 0 Å². The van der Waals surface area contributed by atoms with E-state index in [0.717, 1.165) is 0 Å². The molecule has 10 heteroatoms. The number of nitrogens with zero attached hydrogens (tertiary/aromatic N) is 5. The quantitative estimate of drug-likeness (QED) is 0.533. The van der Waals surface area contributed by atoms with Crippen LogP contribution in [0.2, 0.25) is 0 Å². The predicted molar refractivity (Wildman–Crippen MR) is 98.4 cm³/mol. The Kier molecular flexibility index (Phi) is 4.35. The maximum absolute atomic E-state index is 14.5. The van der Waals surface area contributed by atoms with Crippen molar-refractivity contribution in [3.05, 3.63) is 70.3 Å². The van der Waals surface area contributed by atoms with Crippen molar-refractivity contribution in [1.82, 2.24) is 24.5 Å². The van der Waals surface area contributed by atoms with Crippen LogP contribution in [0.1, 0.15) is 10.4 Å². The number of rotatable bonds is 4. The smallest absolute Gasteiger partial charge is 0.262 e. The molecule has 0 aliphatic heterocycles. The Morgan fingerprint density at radius 3 is 2.77 bits per heavy atom. The van der Waals surface area contributed by atoms with Gasteiger partial charge in [-0.2, -0.15) is 5.10 Å². The standard InChI is InChI=1S/C16H10BrFN6OS/c17-10-3-4-13(12(18)7-10)24-15(23-5-1-2-6-23)11(8-20-24)14(25)21-16-22-19-9-26-16/h1-9H,(H,21,22,25). The molecule has 7 nitrogen and oxygen atoms in total. The monoisotopic (exact) mass is 432 g/mol. The molecule has 4 rings (SSSR count). The minimum absolute atomic E-state index is 0.229. The Hall–Kier alpha value is -2.85. The molecule has 0 bridgehead atoms.